The minimum atomic E-state index is -0.713. The first-order valence-electron chi connectivity index (χ1n) is 10.2. The van der Waals surface area contributed by atoms with Gasteiger partial charge in [-0.05, 0) is 62.1 Å². The molecule has 7 nitrogen and oxygen atoms in total. The summed E-state index contributed by atoms with van der Waals surface area (Å²) in [6, 6.07) is 7.84. The zero-order valence-corrected chi connectivity index (χ0v) is 17.5. The summed E-state index contributed by atoms with van der Waals surface area (Å²) in [5.41, 5.74) is 2.18. The van der Waals surface area contributed by atoms with Crippen LogP contribution in [0.25, 0.3) is 0 Å². The number of halogens is 1. The number of nitrogens with zero attached hydrogens (tertiary/aromatic N) is 3. The van der Waals surface area contributed by atoms with Crippen molar-refractivity contribution in [2.24, 2.45) is 5.92 Å². The number of hydrogen-bond acceptors (Lipinski definition) is 5. The molecule has 0 bridgehead atoms. The van der Waals surface area contributed by atoms with Gasteiger partial charge in [-0.25, -0.2) is 9.97 Å². The number of benzene rings is 1. The lowest BCUT2D eigenvalue weighted by molar-refractivity contribution is -0.138. The van der Waals surface area contributed by atoms with Crippen LogP contribution < -0.4 is 9.64 Å². The molecule has 158 valence electrons. The second-order valence-corrected chi connectivity index (χ2v) is 8.44. The Balaban J connectivity index is 1.52. The second-order valence-electron chi connectivity index (χ2n) is 8.09. The highest BCUT2D eigenvalue weighted by molar-refractivity contribution is 6.33. The van der Waals surface area contributed by atoms with E-state index in [1.165, 1.54) is 11.9 Å². The van der Waals surface area contributed by atoms with E-state index < -0.39 is 5.97 Å². The lowest BCUT2D eigenvalue weighted by Crippen LogP contribution is -2.40. The standard InChI is InChI=1S/C22H24ClN3O4/c1-13-11-30-21-19(20(23)24-12-25-21)22(29)26(13)17-8-6-16(7-9-17)15-4-2-14(3-5-15)10-18(27)28/h6-9,12-15H,2-5,10-11H2,1H3,(H,27,28)/t13-,14?,15?/m0/s1. The van der Waals surface area contributed by atoms with E-state index in [9.17, 15) is 9.59 Å². The average Bonchev–Trinajstić information content (AvgIpc) is 2.85. The van der Waals surface area contributed by atoms with Gasteiger partial charge < -0.3 is 14.7 Å². The molecule has 1 amide bonds. The molecule has 1 aliphatic carbocycles. The molecule has 1 atom stereocenters. The monoisotopic (exact) mass is 429 g/mol. The minimum Gasteiger partial charge on any atom is -0.481 e. The number of amides is 1. The van der Waals surface area contributed by atoms with E-state index in [-0.39, 0.29) is 40.9 Å². The Morgan fingerprint density at radius 2 is 1.90 bits per heavy atom. The van der Waals surface area contributed by atoms with Gasteiger partial charge in [0.05, 0.1) is 6.04 Å². The number of carbonyl (C=O) groups is 2. The maximum atomic E-state index is 13.2. The van der Waals surface area contributed by atoms with Crippen molar-refractivity contribution in [3.05, 3.63) is 46.9 Å². The Morgan fingerprint density at radius 3 is 2.57 bits per heavy atom. The number of anilines is 1. The molecule has 1 fully saturated rings. The zero-order valence-electron chi connectivity index (χ0n) is 16.8. The molecule has 0 spiro atoms. The Morgan fingerprint density at radius 1 is 1.20 bits per heavy atom. The number of carboxylic acid groups (broad SMARTS) is 1. The summed E-state index contributed by atoms with van der Waals surface area (Å²) in [4.78, 5) is 33.8. The number of hydrogen-bond donors (Lipinski definition) is 1. The molecule has 30 heavy (non-hydrogen) atoms. The third kappa shape index (κ3) is 4.12. The fraction of sp³-hybridized carbons (Fsp3) is 0.455. The van der Waals surface area contributed by atoms with Gasteiger partial charge in [0.1, 0.15) is 23.7 Å². The van der Waals surface area contributed by atoms with Crippen LogP contribution in [0.3, 0.4) is 0 Å². The summed E-state index contributed by atoms with van der Waals surface area (Å²) in [6.45, 7) is 2.23. The van der Waals surface area contributed by atoms with Crippen molar-refractivity contribution in [3.8, 4) is 5.88 Å². The van der Waals surface area contributed by atoms with Gasteiger partial charge in [0.15, 0.2) is 0 Å². The molecular weight excluding hydrogens is 406 g/mol. The van der Waals surface area contributed by atoms with E-state index in [1.54, 1.807) is 4.90 Å². The van der Waals surface area contributed by atoms with Crippen molar-refractivity contribution >= 4 is 29.2 Å². The average molecular weight is 430 g/mol. The molecule has 2 aliphatic rings. The predicted octanol–water partition coefficient (Wildman–Crippen LogP) is 4.31. The smallest absolute Gasteiger partial charge is 0.303 e. The van der Waals surface area contributed by atoms with E-state index in [1.807, 2.05) is 19.1 Å². The van der Waals surface area contributed by atoms with Crippen LogP contribution in [0.4, 0.5) is 5.69 Å². The third-order valence-electron chi connectivity index (χ3n) is 6.05. The lowest BCUT2D eigenvalue weighted by Gasteiger charge is -2.29. The third-order valence-corrected chi connectivity index (χ3v) is 6.34. The number of ether oxygens (including phenoxy) is 1. The Hall–Kier alpha value is -2.67. The molecule has 1 aromatic heterocycles. The summed E-state index contributed by atoms with van der Waals surface area (Å²) >= 11 is 6.16. The molecule has 2 heterocycles. The van der Waals surface area contributed by atoms with Gasteiger partial charge in [-0.15, -0.1) is 0 Å². The quantitative estimate of drug-likeness (QED) is 0.728. The van der Waals surface area contributed by atoms with Gasteiger partial charge in [0.25, 0.3) is 5.91 Å². The van der Waals surface area contributed by atoms with E-state index in [0.717, 1.165) is 31.4 Å². The molecule has 2 aromatic rings. The Labute approximate surface area is 180 Å². The number of rotatable bonds is 4. The van der Waals surface area contributed by atoms with Gasteiger partial charge in [-0.3, -0.25) is 9.59 Å². The van der Waals surface area contributed by atoms with Gasteiger partial charge in [-0.1, -0.05) is 23.7 Å². The number of aliphatic carboxylic acids is 1. The van der Waals surface area contributed by atoms with Crippen LogP contribution in [0.1, 0.15) is 60.9 Å². The topological polar surface area (TPSA) is 92.6 Å². The van der Waals surface area contributed by atoms with E-state index in [4.69, 9.17) is 21.4 Å². The molecule has 1 aliphatic heterocycles. The first-order chi connectivity index (χ1) is 14.4. The van der Waals surface area contributed by atoms with Gasteiger partial charge >= 0.3 is 5.97 Å². The summed E-state index contributed by atoms with van der Waals surface area (Å²) < 4.78 is 5.68. The molecule has 8 heteroatoms. The number of carboxylic acids is 1. The molecule has 0 saturated heterocycles. The van der Waals surface area contributed by atoms with Crippen molar-refractivity contribution in [3.63, 3.8) is 0 Å². The van der Waals surface area contributed by atoms with Crippen LogP contribution in [-0.2, 0) is 4.79 Å². The van der Waals surface area contributed by atoms with Crippen LogP contribution in [0.5, 0.6) is 5.88 Å². The van der Waals surface area contributed by atoms with Crippen LogP contribution in [0, 0.1) is 5.92 Å². The molecule has 1 saturated carbocycles. The molecule has 0 radical (unpaired) electrons. The lowest BCUT2D eigenvalue weighted by atomic mass is 9.77. The highest BCUT2D eigenvalue weighted by Gasteiger charge is 2.33. The zero-order chi connectivity index (χ0) is 21.3. The Bertz CT molecular complexity index is 942. The largest absolute Gasteiger partial charge is 0.481 e. The van der Waals surface area contributed by atoms with Crippen LogP contribution in [0.2, 0.25) is 5.15 Å². The fourth-order valence-corrected chi connectivity index (χ4v) is 4.66. The number of carbonyl (C=O) groups excluding carboxylic acids is 1. The fourth-order valence-electron chi connectivity index (χ4n) is 4.46. The normalized spacial score (nSPS) is 24.0. The summed E-state index contributed by atoms with van der Waals surface area (Å²) in [6.07, 6.45) is 5.40. The van der Waals surface area contributed by atoms with Crippen LogP contribution in [-0.4, -0.2) is 39.6 Å². The number of aromatic nitrogens is 2. The van der Waals surface area contributed by atoms with E-state index in [2.05, 4.69) is 22.1 Å². The first-order valence-corrected chi connectivity index (χ1v) is 10.6. The first kappa shape index (κ1) is 20.6. The molecular formula is C22H24ClN3O4. The van der Waals surface area contributed by atoms with Crippen molar-refractivity contribution < 1.29 is 19.4 Å². The summed E-state index contributed by atoms with van der Waals surface area (Å²) in [5.74, 6) is -0.0735. The van der Waals surface area contributed by atoms with Crippen LogP contribution >= 0.6 is 11.6 Å². The summed E-state index contributed by atoms with van der Waals surface area (Å²) in [5, 5.41) is 9.07. The maximum absolute atomic E-state index is 13.2. The maximum Gasteiger partial charge on any atom is 0.303 e. The van der Waals surface area contributed by atoms with Gasteiger partial charge in [-0.2, -0.15) is 0 Å². The molecule has 1 aromatic carbocycles. The van der Waals surface area contributed by atoms with Crippen molar-refractivity contribution in [1.29, 1.82) is 0 Å². The summed E-state index contributed by atoms with van der Waals surface area (Å²) in [7, 11) is 0. The van der Waals surface area contributed by atoms with E-state index in [0.29, 0.717) is 12.5 Å². The minimum absolute atomic E-state index is 0.0823. The van der Waals surface area contributed by atoms with Crippen molar-refractivity contribution in [2.75, 3.05) is 11.5 Å². The molecule has 4 rings (SSSR count). The highest BCUT2D eigenvalue weighted by Crippen LogP contribution is 2.38. The van der Waals surface area contributed by atoms with Crippen molar-refractivity contribution in [1.82, 2.24) is 9.97 Å². The SMILES string of the molecule is C[C@H]1COc2ncnc(Cl)c2C(=O)N1c1ccc(C2CCC(CC(=O)O)CC2)cc1. The second kappa shape index (κ2) is 8.60. The van der Waals surface area contributed by atoms with Gasteiger partial charge in [0, 0.05) is 12.1 Å². The van der Waals surface area contributed by atoms with Crippen LogP contribution in [0.15, 0.2) is 30.6 Å². The predicted molar refractivity (Wildman–Crippen MR) is 112 cm³/mol. The molecule has 0 unspecified atom stereocenters. The van der Waals surface area contributed by atoms with Crippen molar-refractivity contribution in [2.45, 2.75) is 51.0 Å². The highest BCUT2D eigenvalue weighted by atomic mass is 35.5. The Kier molecular flexibility index (Phi) is 5.90. The van der Waals surface area contributed by atoms with Gasteiger partial charge in [0.2, 0.25) is 5.88 Å². The van der Waals surface area contributed by atoms with E-state index >= 15 is 0 Å². The number of fused-ring (bicyclic) bond motifs is 1. The molecule has 1 N–H and O–H groups in total.